The highest BCUT2D eigenvalue weighted by Gasteiger charge is 2.35. The number of likely N-dealkylation sites (tertiary alicyclic amines) is 1. The molecule has 0 spiro atoms. The first-order valence-electron chi connectivity index (χ1n) is 6.96. The Morgan fingerprint density at radius 3 is 2.86 bits per heavy atom. The monoisotopic (exact) mass is 332 g/mol. The molecule has 1 saturated heterocycles. The minimum absolute atomic E-state index is 0.135. The van der Waals surface area contributed by atoms with E-state index in [4.69, 9.17) is 4.52 Å². The van der Waals surface area contributed by atoms with Crippen LogP contribution < -0.4 is 0 Å². The predicted molar refractivity (Wildman–Crippen MR) is 73.4 cm³/mol. The average Bonchev–Trinajstić information content (AvgIpc) is 3.08. The fraction of sp³-hybridized carbons (Fsp3) is 0.615. The van der Waals surface area contributed by atoms with Crippen molar-refractivity contribution >= 4 is 11.3 Å². The van der Waals surface area contributed by atoms with Gasteiger partial charge < -0.3 is 4.52 Å². The molecule has 0 N–H and O–H groups in total. The van der Waals surface area contributed by atoms with E-state index in [0.29, 0.717) is 41.8 Å². The van der Waals surface area contributed by atoms with Crippen molar-refractivity contribution in [1.82, 2.24) is 20.0 Å². The number of aromatic nitrogens is 3. The summed E-state index contributed by atoms with van der Waals surface area (Å²) < 4.78 is 42.9. The highest BCUT2D eigenvalue weighted by atomic mass is 32.1. The van der Waals surface area contributed by atoms with Crippen LogP contribution in [0.4, 0.5) is 13.2 Å². The standard InChI is InChI=1S/C13H15F3N4OS/c1-8-17-11(21-19-8)9-3-2-4-20(5-9)6-10-7-22-12(18-10)13(14,15)16/h7,9H,2-6H2,1H3. The molecule has 3 heterocycles. The molecule has 3 rings (SSSR count). The van der Waals surface area contributed by atoms with Crippen LogP contribution >= 0.6 is 11.3 Å². The summed E-state index contributed by atoms with van der Waals surface area (Å²) in [5.74, 6) is 1.34. The summed E-state index contributed by atoms with van der Waals surface area (Å²) in [5, 5.41) is 4.48. The van der Waals surface area contributed by atoms with Gasteiger partial charge in [-0.05, 0) is 26.3 Å². The lowest BCUT2D eigenvalue weighted by atomic mass is 9.98. The lowest BCUT2D eigenvalue weighted by Crippen LogP contribution is -2.34. The fourth-order valence-electron chi connectivity index (χ4n) is 2.62. The van der Waals surface area contributed by atoms with E-state index < -0.39 is 11.2 Å². The summed E-state index contributed by atoms with van der Waals surface area (Å²) >= 11 is 0.642. The van der Waals surface area contributed by atoms with Gasteiger partial charge in [-0.25, -0.2) is 4.98 Å². The lowest BCUT2D eigenvalue weighted by Gasteiger charge is -2.30. The van der Waals surface area contributed by atoms with Crippen molar-refractivity contribution in [2.24, 2.45) is 0 Å². The molecule has 0 bridgehead atoms. The third-order valence-corrected chi connectivity index (χ3v) is 4.51. The zero-order chi connectivity index (χ0) is 15.7. The van der Waals surface area contributed by atoms with Gasteiger partial charge in [0.2, 0.25) is 5.89 Å². The van der Waals surface area contributed by atoms with Crippen LogP contribution in [0.3, 0.4) is 0 Å². The first-order chi connectivity index (χ1) is 10.4. The molecule has 2 aromatic heterocycles. The van der Waals surface area contributed by atoms with Crippen LogP contribution in [0.15, 0.2) is 9.90 Å². The minimum Gasteiger partial charge on any atom is -0.339 e. The van der Waals surface area contributed by atoms with Crippen molar-refractivity contribution in [2.45, 2.75) is 38.4 Å². The van der Waals surface area contributed by atoms with Crippen LogP contribution in [0.5, 0.6) is 0 Å². The number of rotatable bonds is 3. The largest absolute Gasteiger partial charge is 0.443 e. The van der Waals surface area contributed by atoms with Gasteiger partial charge >= 0.3 is 6.18 Å². The second-order valence-corrected chi connectivity index (χ2v) is 6.25. The second-order valence-electron chi connectivity index (χ2n) is 5.40. The average molecular weight is 332 g/mol. The van der Waals surface area contributed by atoms with E-state index in [-0.39, 0.29) is 5.92 Å². The molecular formula is C13H15F3N4OS. The molecule has 0 radical (unpaired) electrons. The van der Waals surface area contributed by atoms with Crippen molar-refractivity contribution in [3.05, 3.63) is 27.8 Å². The fourth-order valence-corrected chi connectivity index (χ4v) is 3.30. The Labute approximate surface area is 129 Å². The maximum Gasteiger partial charge on any atom is 0.443 e. The Morgan fingerprint density at radius 2 is 2.23 bits per heavy atom. The highest BCUT2D eigenvalue weighted by molar-refractivity contribution is 7.09. The summed E-state index contributed by atoms with van der Waals surface area (Å²) in [6, 6.07) is 0. The van der Waals surface area contributed by atoms with Crippen molar-refractivity contribution in [2.75, 3.05) is 13.1 Å². The first-order valence-corrected chi connectivity index (χ1v) is 7.84. The molecule has 1 unspecified atom stereocenters. The van der Waals surface area contributed by atoms with Gasteiger partial charge in [0.15, 0.2) is 10.8 Å². The maximum absolute atomic E-state index is 12.6. The zero-order valence-electron chi connectivity index (χ0n) is 11.9. The predicted octanol–water partition coefficient (Wildman–Crippen LogP) is 3.23. The van der Waals surface area contributed by atoms with Gasteiger partial charge in [-0.15, -0.1) is 11.3 Å². The molecule has 0 aromatic carbocycles. The van der Waals surface area contributed by atoms with Gasteiger partial charge in [0.25, 0.3) is 0 Å². The summed E-state index contributed by atoms with van der Waals surface area (Å²) in [6.45, 7) is 3.71. The van der Waals surface area contributed by atoms with Gasteiger partial charge in [0.1, 0.15) is 0 Å². The Morgan fingerprint density at radius 1 is 1.41 bits per heavy atom. The molecule has 1 fully saturated rings. The third kappa shape index (κ3) is 3.46. The van der Waals surface area contributed by atoms with E-state index in [1.807, 2.05) is 0 Å². The Kier molecular flexibility index (Phi) is 4.18. The minimum atomic E-state index is -4.37. The molecule has 2 aromatic rings. The molecule has 22 heavy (non-hydrogen) atoms. The number of nitrogens with zero attached hydrogens (tertiary/aromatic N) is 4. The smallest absolute Gasteiger partial charge is 0.339 e. The van der Waals surface area contributed by atoms with Crippen LogP contribution in [0.25, 0.3) is 0 Å². The Hall–Kier alpha value is -1.48. The SMILES string of the molecule is Cc1noc(C2CCCN(Cc3csc(C(F)(F)F)n3)C2)n1. The quantitative estimate of drug-likeness (QED) is 0.864. The molecule has 9 heteroatoms. The molecule has 0 aliphatic carbocycles. The van der Waals surface area contributed by atoms with Gasteiger partial charge in [0, 0.05) is 18.5 Å². The molecule has 1 atom stereocenters. The van der Waals surface area contributed by atoms with E-state index in [9.17, 15) is 13.2 Å². The van der Waals surface area contributed by atoms with Gasteiger partial charge in [-0.3, -0.25) is 4.90 Å². The topological polar surface area (TPSA) is 55.1 Å². The zero-order valence-corrected chi connectivity index (χ0v) is 12.7. The second kappa shape index (κ2) is 5.96. The van der Waals surface area contributed by atoms with Crippen molar-refractivity contribution in [1.29, 1.82) is 0 Å². The summed E-state index contributed by atoms with van der Waals surface area (Å²) in [4.78, 5) is 10.0. The Bertz CT molecular complexity index is 639. The number of hydrogen-bond acceptors (Lipinski definition) is 6. The number of thiazole rings is 1. The van der Waals surface area contributed by atoms with E-state index >= 15 is 0 Å². The van der Waals surface area contributed by atoms with Crippen LogP contribution in [-0.4, -0.2) is 33.1 Å². The highest BCUT2D eigenvalue weighted by Crippen LogP contribution is 2.32. The lowest BCUT2D eigenvalue weighted by molar-refractivity contribution is -0.137. The number of piperidine rings is 1. The van der Waals surface area contributed by atoms with Gasteiger partial charge in [-0.2, -0.15) is 18.2 Å². The van der Waals surface area contributed by atoms with Crippen molar-refractivity contribution < 1.29 is 17.7 Å². The van der Waals surface area contributed by atoms with E-state index in [1.54, 1.807) is 6.92 Å². The molecule has 0 amide bonds. The van der Waals surface area contributed by atoms with E-state index in [1.165, 1.54) is 5.38 Å². The summed E-state index contributed by atoms with van der Waals surface area (Å²) in [6.07, 6.45) is -2.47. The molecular weight excluding hydrogens is 317 g/mol. The van der Waals surface area contributed by atoms with E-state index in [0.717, 1.165) is 19.4 Å². The van der Waals surface area contributed by atoms with Crippen LogP contribution in [-0.2, 0) is 12.7 Å². The number of hydrogen-bond donors (Lipinski definition) is 0. The molecule has 1 aliphatic rings. The summed E-state index contributed by atoms with van der Waals surface area (Å²) in [7, 11) is 0. The molecule has 120 valence electrons. The molecule has 1 aliphatic heterocycles. The maximum atomic E-state index is 12.6. The molecule has 5 nitrogen and oxygen atoms in total. The number of alkyl halides is 3. The third-order valence-electron chi connectivity index (χ3n) is 3.58. The van der Waals surface area contributed by atoms with Crippen LogP contribution in [0.1, 0.15) is 41.2 Å². The summed E-state index contributed by atoms with van der Waals surface area (Å²) in [5.41, 5.74) is 0.458. The number of halogens is 3. The van der Waals surface area contributed by atoms with Crippen molar-refractivity contribution in [3.63, 3.8) is 0 Å². The van der Waals surface area contributed by atoms with Gasteiger partial charge in [0.05, 0.1) is 11.6 Å². The Balaban J connectivity index is 1.64. The number of aryl methyl sites for hydroxylation is 1. The van der Waals surface area contributed by atoms with E-state index in [2.05, 4.69) is 20.0 Å². The first kappa shape index (κ1) is 15.4. The van der Waals surface area contributed by atoms with Gasteiger partial charge in [-0.1, -0.05) is 5.16 Å². The molecule has 0 saturated carbocycles. The van der Waals surface area contributed by atoms with Crippen LogP contribution in [0.2, 0.25) is 0 Å². The normalized spacial score (nSPS) is 20.5. The van der Waals surface area contributed by atoms with Crippen molar-refractivity contribution in [3.8, 4) is 0 Å². The van der Waals surface area contributed by atoms with Crippen LogP contribution in [0, 0.1) is 6.92 Å².